The highest BCUT2D eigenvalue weighted by Gasteiger charge is 2.04. The van der Waals surface area contributed by atoms with Crippen LogP contribution in [0.2, 0.25) is 0 Å². The van der Waals surface area contributed by atoms with Gasteiger partial charge in [-0.05, 0) is 37.0 Å². The molecule has 14 heavy (non-hydrogen) atoms. The summed E-state index contributed by atoms with van der Waals surface area (Å²) in [5.41, 5.74) is 3.52. The van der Waals surface area contributed by atoms with Gasteiger partial charge in [0.15, 0.2) is 0 Å². The third kappa shape index (κ3) is 2.63. The van der Waals surface area contributed by atoms with Crippen molar-refractivity contribution in [3.63, 3.8) is 0 Å². The van der Waals surface area contributed by atoms with Crippen molar-refractivity contribution in [2.45, 2.75) is 27.2 Å². The lowest BCUT2D eigenvalue weighted by atomic mass is 10.1. The van der Waals surface area contributed by atoms with E-state index in [-0.39, 0.29) is 0 Å². The van der Waals surface area contributed by atoms with Crippen LogP contribution >= 0.6 is 0 Å². The molecule has 0 bridgehead atoms. The van der Waals surface area contributed by atoms with Crippen LogP contribution in [0.25, 0.3) is 0 Å². The minimum absolute atomic E-state index is 0.609. The molecular formula is C13H18O. The van der Waals surface area contributed by atoms with Crippen LogP contribution in [0.4, 0.5) is 0 Å². The van der Waals surface area contributed by atoms with Gasteiger partial charge >= 0.3 is 0 Å². The number of rotatable bonds is 4. The summed E-state index contributed by atoms with van der Waals surface area (Å²) >= 11 is 0. The number of hydrogen-bond donors (Lipinski definition) is 0. The molecular weight excluding hydrogens is 172 g/mol. The Balaban J connectivity index is 2.87. The minimum atomic E-state index is 0.609. The van der Waals surface area contributed by atoms with Crippen LogP contribution in [-0.4, -0.2) is 6.61 Å². The predicted octanol–water partition coefficient (Wildman–Crippen LogP) is 3.51. The van der Waals surface area contributed by atoms with Crippen molar-refractivity contribution in [2.75, 3.05) is 6.61 Å². The lowest BCUT2D eigenvalue weighted by Gasteiger charge is -2.12. The van der Waals surface area contributed by atoms with Gasteiger partial charge in [0, 0.05) is 0 Å². The maximum absolute atomic E-state index is 5.72. The van der Waals surface area contributed by atoms with Crippen LogP contribution < -0.4 is 4.74 Å². The van der Waals surface area contributed by atoms with Gasteiger partial charge in [0.2, 0.25) is 0 Å². The number of benzene rings is 1. The first-order valence-corrected chi connectivity index (χ1v) is 5.00. The molecule has 0 unspecified atom stereocenters. The molecule has 0 aliphatic rings. The summed E-state index contributed by atoms with van der Waals surface area (Å²) in [5.74, 6) is 1.03. The molecule has 0 amide bonds. The van der Waals surface area contributed by atoms with E-state index < -0.39 is 0 Å². The molecule has 0 fully saturated rings. The first kappa shape index (κ1) is 10.8. The van der Waals surface area contributed by atoms with Crippen molar-refractivity contribution in [1.82, 2.24) is 0 Å². The second-order valence-electron chi connectivity index (χ2n) is 3.66. The van der Waals surface area contributed by atoms with Crippen LogP contribution in [0, 0.1) is 6.92 Å². The molecule has 1 heteroatoms. The summed E-state index contributed by atoms with van der Waals surface area (Å²) in [7, 11) is 0. The van der Waals surface area contributed by atoms with Gasteiger partial charge in [0.05, 0.1) is 0 Å². The van der Waals surface area contributed by atoms with Gasteiger partial charge in [-0.25, -0.2) is 0 Å². The van der Waals surface area contributed by atoms with E-state index in [1.54, 1.807) is 0 Å². The van der Waals surface area contributed by atoms with Crippen LogP contribution in [0.3, 0.4) is 0 Å². The third-order valence-corrected chi connectivity index (χ3v) is 2.14. The van der Waals surface area contributed by atoms with Crippen LogP contribution in [0.15, 0.2) is 30.4 Å². The maximum Gasteiger partial charge on any atom is 0.125 e. The Morgan fingerprint density at radius 1 is 1.43 bits per heavy atom. The fourth-order valence-electron chi connectivity index (χ4n) is 1.39. The number of para-hydroxylation sites is 1. The van der Waals surface area contributed by atoms with Gasteiger partial charge < -0.3 is 4.74 Å². The largest absolute Gasteiger partial charge is 0.489 e. The number of ether oxygens (including phenoxy) is 1. The van der Waals surface area contributed by atoms with E-state index in [9.17, 15) is 0 Å². The Morgan fingerprint density at radius 2 is 2.14 bits per heavy atom. The highest BCUT2D eigenvalue weighted by molar-refractivity contribution is 5.40. The molecule has 0 aliphatic carbocycles. The molecule has 1 rings (SSSR count). The van der Waals surface area contributed by atoms with Crippen LogP contribution in [0.1, 0.15) is 25.0 Å². The van der Waals surface area contributed by atoms with Gasteiger partial charge in [0.1, 0.15) is 12.4 Å². The maximum atomic E-state index is 5.72. The monoisotopic (exact) mass is 190 g/mol. The molecule has 0 aliphatic heterocycles. The van der Waals surface area contributed by atoms with E-state index in [2.05, 4.69) is 38.6 Å². The zero-order chi connectivity index (χ0) is 10.6. The molecule has 0 saturated carbocycles. The standard InChI is InChI=1S/C13H18O/c1-5-12-8-6-7-11(4)13(12)14-9-10(2)3/h6-8H,2,5,9H2,1,3-4H3. The van der Waals surface area contributed by atoms with E-state index in [0.29, 0.717) is 6.61 Å². The highest BCUT2D eigenvalue weighted by atomic mass is 16.5. The molecule has 0 radical (unpaired) electrons. The summed E-state index contributed by atoms with van der Waals surface area (Å²) in [6.07, 6.45) is 1.01. The van der Waals surface area contributed by atoms with Crippen molar-refractivity contribution >= 4 is 0 Å². The van der Waals surface area contributed by atoms with E-state index in [0.717, 1.165) is 17.7 Å². The lowest BCUT2D eigenvalue weighted by molar-refractivity contribution is 0.346. The molecule has 76 valence electrons. The average molecular weight is 190 g/mol. The molecule has 0 aromatic heterocycles. The molecule has 1 aromatic rings. The van der Waals surface area contributed by atoms with Gasteiger partial charge in [0.25, 0.3) is 0 Å². The topological polar surface area (TPSA) is 9.23 Å². The Bertz CT molecular complexity index is 326. The second kappa shape index (κ2) is 4.85. The van der Waals surface area contributed by atoms with E-state index in [1.807, 2.05) is 6.92 Å². The molecule has 0 spiro atoms. The van der Waals surface area contributed by atoms with Gasteiger partial charge in [-0.1, -0.05) is 31.7 Å². The molecule has 0 atom stereocenters. The second-order valence-corrected chi connectivity index (χ2v) is 3.66. The number of hydrogen-bond acceptors (Lipinski definition) is 1. The first-order valence-electron chi connectivity index (χ1n) is 5.00. The van der Waals surface area contributed by atoms with E-state index in [4.69, 9.17) is 4.74 Å². The lowest BCUT2D eigenvalue weighted by Crippen LogP contribution is -2.01. The van der Waals surface area contributed by atoms with Gasteiger partial charge in [-0.2, -0.15) is 0 Å². The summed E-state index contributed by atoms with van der Waals surface area (Å²) < 4.78 is 5.72. The van der Waals surface area contributed by atoms with Crippen LogP contribution in [0.5, 0.6) is 5.75 Å². The fourth-order valence-corrected chi connectivity index (χ4v) is 1.39. The minimum Gasteiger partial charge on any atom is -0.489 e. The molecule has 0 heterocycles. The van der Waals surface area contributed by atoms with Crippen molar-refractivity contribution < 1.29 is 4.74 Å². The van der Waals surface area contributed by atoms with Crippen molar-refractivity contribution in [3.05, 3.63) is 41.5 Å². The van der Waals surface area contributed by atoms with Gasteiger partial charge in [-0.15, -0.1) is 0 Å². The van der Waals surface area contributed by atoms with Crippen molar-refractivity contribution in [3.8, 4) is 5.75 Å². The highest BCUT2D eigenvalue weighted by Crippen LogP contribution is 2.24. The normalized spacial score (nSPS) is 9.93. The van der Waals surface area contributed by atoms with Crippen LogP contribution in [-0.2, 0) is 6.42 Å². The Hall–Kier alpha value is -1.24. The zero-order valence-electron chi connectivity index (χ0n) is 9.26. The van der Waals surface area contributed by atoms with Gasteiger partial charge in [-0.3, -0.25) is 0 Å². The average Bonchev–Trinajstić information content (AvgIpc) is 2.15. The summed E-state index contributed by atoms with van der Waals surface area (Å²) in [6.45, 7) is 10.6. The summed E-state index contributed by atoms with van der Waals surface area (Å²) in [6, 6.07) is 6.26. The summed E-state index contributed by atoms with van der Waals surface area (Å²) in [4.78, 5) is 0. The smallest absolute Gasteiger partial charge is 0.125 e. The fraction of sp³-hybridized carbons (Fsp3) is 0.385. The Kier molecular flexibility index (Phi) is 3.75. The Labute approximate surface area is 86.4 Å². The molecule has 1 aromatic carbocycles. The molecule has 0 saturated heterocycles. The third-order valence-electron chi connectivity index (χ3n) is 2.14. The predicted molar refractivity (Wildman–Crippen MR) is 60.9 cm³/mol. The molecule has 1 nitrogen and oxygen atoms in total. The number of aryl methyl sites for hydroxylation is 2. The summed E-state index contributed by atoms with van der Waals surface area (Å²) in [5, 5.41) is 0. The quantitative estimate of drug-likeness (QED) is 0.660. The Morgan fingerprint density at radius 3 is 2.71 bits per heavy atom. The van der Waals surface area contributed by atoms with Crippen molar-refractivity contribution in [2.24, 2.45) is 0 Å². The van der Waals surface area contributed by atoms with Crippen molar-refractivity contribution in [1.29, 1.82) is 0 Å². The first-order chi connectivity index (χ1) is 6.65. The molecule has 0 N–H and O–H groups in total. The zero-order valence-corrected chi connectivity index (χ0v) is 9.26. The van der Waals surface area contributed by atoms with E-state index >= 15 is 0 Å². The van der Waals surface area contributed by atoms with E-state index in [1.165, 1.54) is 11.1 Å². The SMILES string of the molecule is C=C(C)COc1c(C)cccc1CC.